The molecule has 0 N–H and O–H groups in total. The number of amides is 3. The molecule has 7 nitrogen and oxygen atoms in total. The average molecular weight is 568 g/mol. The Labute approximate surface area is 235 Å². The zero-order valence-electron chi connectivity index (χ0n) is 21.7. The van der Waals surface area contributed by atoms with Gasteiger partial charge in [0, 0.05) is 39.9 Å². The molecule has 208 valence electrons. The molecule has 3 heterocycles. The highest BCUT2D eigenvalue weighted by Crippen LogP contribution is 2.53. The number of carbonyl (C=O) groups is 2. The fraction of sp³-hybridized carbons (Fsp3) is 0.333. The Bertz CT molecular complexity index is 1460. The van der Waals surface area contributed by atoms with E-state index >= 15 is 0 Å². The number of imide groups is 1. The standard InChI is InChI=1S/C30H28ClF2N3O4/c31-20-6-9-27-23(18-20)30(22-4-1-2-5-26(22)40-27)10-14-34(15-11-30)12-3-13-35(21-7-8-24(32)25(33)19-21)28(37)36-16-17-39-29(36)38/h1-2,4-9,18-19H,3,10-17H2. The first-order chi connectivity index (χ1) is 19.4. The number of urea groups is 1. The van der Waals surface area contributed by atoms with Gasteiger partial charge in [-0.25, -0.2) is 23.3 Å². The van der Waals surface area contributed by atoms with Crippen LogP contribution >= 0.6 is 11.6 Å². The van der Waals surface area contributed by atoms with Gasteiger partial charge in [-0.3, -0.25) is 4.90 Å². The van der Waals surface area contributed by atoms with Gasteiger partial charge in [0.05, 0.1) is 6.54 Å². The molecule has 3 aliphatic rings. The highest BCUT2D eigenvalue weighted by molar-refractivity contribution is 6.30. The number of carbonyl (C=O) groups excluding carboxylic acids is 2. The summed E-state index contributed by atoms with van der Waals surface area (Å²) in [5, 5.41) is 0.674. The van der Waals surface area contributed by atoms with E-state index in [1.54, 1.807) is 0 Å². The number of halogens is 3. The van der Waals surface area contributed by atoms with Crippen molar-refractivity contribution in [2.75, 3.05) is 44.2 Å². The lowest BCUT2D eigenvalue weighted by Gasteiger charge is -2.46. The van der Waals surface area contributed by atoms with E-state index in [1.807, 2.05) is 36.4 Å². The third-order valence-corrected chi connectivity index (χ3v) is 8.32. The van der Waals surface area contributed by atoms with Gasteiger partial charge in [0.2, 0.25) is 0 Å². The van der Waals surface area contributed by atoms with Crippen LogP contribution < -0.4 is 9.64 Å². The summed E-state index contributed by atoms with van der Waals surface area (Å²) < 4.78 is 38.7. The second-order valence-corrected chi connectivity index (χ2v) is 10.8. The number of anilines is 1. The number of hydrogen-bond donors (Lipinski definition) is 0. The molecule has 0 saturated carbocycles. The normalized spacial score (nSPS) is 17.7. The highest BCUT2D eigenvalue weighted by atomic mass is 35.5. The number of benzene rings is 3. The van der Waals surface area contributed by atoms with Crippen LogP contribution in [0.4, 0.5) is 24.1 Å². The summed E-state index contributed by atoms with van der Waals surface area (Å²) in [5.74, 6) is -0.362. The zero-order chi connectivity index (χ0) is 27.9. The predicted molar refractivity (Wildman–Crippen MR) is 146 cm³/mol. The molecule has 0 unspecified atom stereocenters. The molecule has 3 amide bonds. The maximum atomic E-state index is 14.0. The molecule has 3 aromatic carbocycles. The predicted octanol–water partition coefficient (Wildman–Crippen LogP) is 6.57. The quantitative estimate of drug-likeness (QED) is 0.349. The van der Waals surface area contributed by atoms with Crippen LogP contribution in [-0.2, 0) is 10.2 Å². The Hall–Kier alpha value is -3.69. The number of piperidine rings is 1. The van der Waals surface area contributed by atoms with Crippen molar-refractivity contribution in [3.8, 4) is 11.5 Å². The second-order valence-electron chi connectivity index (χ2n) is 10.3. The largest absolute Gasteiger partial charge is 0.457 e. The molecule has 3 aromatic rings. The first kappa shape index (κ1) is 26.5. The van der Waals surface area contributed by atoms with Crippen LogP contribution in [0.5, 0.6) is 11.5 Å². The molecular formula is C30H28ClF2N3O4. The van der Waals surface area contributed by atoms with Gasteiger partial charge in [0.15, 0.2) is 11.6 Å². The number of cyclic esters (lactones) is 1. The van der Waals surface area contributed by atoms with Crippen molar-refractivity contribution in [1.29, 1.82) is 0 Å². The summed E-state index contributed by atoms with van der Waals surface area (Å²) in [5.41, 5.74) is 2.24. The molecule has 0 radical (unpaired) electrons. The average Bonchev–Trinajstić information content (AvgIpc) is 3.40. The summed E-state index contributed by atoms with van der Waals surface area (Å²) in [6, 6.07) is 16.6. The first-order valence-electron chi connectivity index (χ1n) is 13.4. The topological polar surface area (TPSA) is 62.3 Å². The van der Waals surface area contributed by atoms with Crippen molar-refractivity contribution >= 4 is 29.4 Å². The minimum Gasteiger partial charge on any atom is -0.457 e. The molecule has 3 aliphatic heterocycles. The van der Waals surface area contributed by atoms with Crippen LogP contribution in [0.1, 0.15) is 30.4 Å². The summed E-state index contributed by atoms with van der Waals surface area (Å²) in [6.45, 7) is 2.77. The van der Waals surface area contributed by atoms with Gasteiger partial charge >= 0.3 is 12.1 Å². The third-order valence-electron chi connectivity index (χ3n) is 8.08. The monoisotopic (exact) mass is 567 g/mol. The number of hydrogen-bond acceptors (Lipinski definition) is 5. The van der Waals surface area contributed by atoms with Gasteiger partial charge in [-0.1, -0.05) is 29.8 Å². The summed E-state index contributed by atoms with van der Waals surface area (Å²) >= 11 is 6.41. The molecule has 0 aromatic heterocycles. The first-order valence-corrected chi connectivity index (χ1v) is 13.7. The van der Waals surface area contributed by atoms with E-state index in [-0.39, 0.29) is 30.8 Å². The molecule has 10 heteroatoms. The van der Waals surface area contributed by atoms with Gasteiger partial charge in [0.1, 0.15) is 18.1 Å². The molecule has 2 fully saturated rings. The van der Waals surface area contributed by atoms with E-state index in [2.05, 4.69) is 11.0 Å². The third kappa shape index (κ3) is 4.77. The fourth-order valence-electron chi connectivity index (χ4n) is 6.03. The zero-order valence-corrected chi connectivity index (χ0v) is 22.5. The fourth-order valence-corrected chi connectivity index (χ4v) is 6.20. The van der Waals surface area contributed by atoms with E-state index < -0.39 is 23.8 Å². The van der Waals surface area contributed by atoms with Crippen LogP contribution in [0.2, 0.25) is 5.02 Å². The highest BCUT2D eigenvalue weighted by Gasteiger charge is 2.44. The Kier molecular flexibility index (Phi) is 7.10. The number of ether oxygens (including phenoxy) is 2. The van der Waals surface area contributed by atoms with Crippen molar-refractivity contribution < 1.29 is 27.8 Å². The molecular weight excluding hydrogens is 540 g/mol. The summed E-state index contributed by atoms with van der Waals surface area (Å²) in [4.78, 5) is 29.9. The van der Waals surface area contributed by atoms with Crippen LogP contribution in [0, 0.1) is 11.6 Å². The number of nitrogens with zero attached hydrogens (tertiary/aromatic N) is 3. The summed E-state index contributed by atoms with van der Waals surface area (Å²) in [7, 11) is 0. The molecule has 0 bridgehead atoms. The van der Waals surface area contributed by atoms with Crippen LogP contribution in [0.3, 0.4) is 0 Å². The van der Waals surface area contributed by atoms with Crippen molar-refractivity contribution in [3.05, 3.63) is 88.4 Å². The minimum atomic E-state index is -1.06. The van der Waals surface area contributed by atoms with Gasteiger partial charge in [-0.2, -0.15) is 0 Å². The van der Waals surface area contributed by atoms with E-state index in [0.29, 0.717) is 18.0 Å². The Morgan fingerprint density at radius 3 is 2.48 bits per heavy atom. The molecule has 40 heavy (non-hydrogen) atoms. The molecule has 6 rings (SSSR count). The lowest BCUT2D eigenvalue weighted by atomic mass is 9.66. The number of rotatable bonds is 5. The lowest BCUT2D eigenvalue weighted by Crippen LogP contribution is -2.47. The SMILES string of the molecule is O=C1OCCN1C(=O)N(CCCN1CCC2(CC1)c1ccccc1Oc1ccc(Cl)cc12)c1ccc(F)c(F)c1. The van der Waals surface area contributed by atoms with Crippen LogP contribution in [-0.4, -0.2) is 61.3 Å². The maximum absolute atomic E-state index is 14.0. The van der Waals surface area contributed by atoms with Crippen molar-refractivity contribution in [1.82, 2.24) is 9.80 Å². The van der Waals surface area contributed by atoms with Crippen LogP contribution in [0.15, 0.2) is 60.7 Å². The van der Waals surface area contributed by atoms with Crippen molar-refractivity contribution in [3.63, 3.8) is 0 Å². The maximum Gasteiger partial charge on any atom is 0.418 e. The van der Waals surface area contributed by atoms with E-state index in [1.165, 1.54) is 11.0 Å². The van der Waals surface area contributed by atoms with Crippen molar-refractivity contribution in [2.24, 2.45) is 0 Å². The van der Waals surface area contributed by atoms with Gasteiger partial charge in [-0.05, 0) is 75.3 Å². The second kappa shape index (κ2) is 10.7. The van der Waals surface area contributed by atoms with Crippen molar-refractivity contribution in [2.45, 2.75) is 24.7 Å². The number of fused-ring (bicyclic) bond motifs is 4. The minimum absolute atomic E-state index is 0.105. The molecule has 0 atom stereocenters. The number of likely N-dealkylation sites (tertiary alicyclic amines) is 1. The van der Waals surface area contributed by atoms with Gasteiger partial charge in [0.25, 0.3) is 0 Å². The lowest BCUT2D eigenvalue weighted by molar-refractivity contribution is 0.159. The van der Waals surface area contributed by atoms with E-state index in [4.69, 9.17) is 21.1 Å². The molecule has 2 saturated heterocycles. The van der Waals surface area contributed by atoms with E-state index in [9.17, 15) is 18.4 Å². The molecule has 1 spiro atoms. The summed E-state index contributed by atoms with van der Waals surface area (Å²) in [6.07, 6.45) is 1.57. The smallest absolute Gasteiger partial charge is 0.418 e. The number of para-hydroxylation sites is 1. The van der Waals surface area contributed by atoms with Gasteiger partial charge in [-0.15, -0.1) is 0 Å². The molecule has 0 aliphatic carbocycles. The Morgan fingerprint density at radius 1 is 0.950 bits per heavy atom. The van der Waals surface area contributed by atoms with E-state index in [0.717, 1.165) is 65.6 Å². The van der Waals surface area contributed by atoms with Crippen LogP contribution in [0.25, 0.3) is 0 Å². The van der Waals surface area contributed by atoms with Gasteiger partial charge < -0.3 is 14.4 Å². The Morgan fingerprint density at radius 2 is 1.73 bits per heavy atom. The Balaban J connectivity index is 1.16.